The Morgan fingerprint density at radius 1 is 0.970 bits per heavy atom. The predicted octanol–water partition coefficient (Wildman–Crippen LogP) is 4.24. The van der Waals surface area contributed by atoms with Crippen LogP contribution in [0, 0.1) is 0 Å². The van der Waals surface area contributed by atoms with Crippen LogP contribution in [0.1, 0.15) is 51.5 Å². The number of nitrogens with one attached hydrogen (secondary N) is 2. The summed E-state index contributed by atoms with van der Waals surface area (Å²) in [6.45, 7) is 1.44. The third-order valence-corrected chi connectivity index (χ3v) is 6.43. The molecule has 0 unspecified atom stereocenters. The number of imidazole rings is 1. The smallest absolute Gasteiger partial charge is 0.253 e. The van der Waals surface area contributed by atoms with Gasteiger partial charge in [0, 0.05) is 24.3 Å². The average Bonchev–Trinajstić information content (AvgIpc) is 3.29. The monoisotopic (exact) mass is 445 g/mol. The Bertz CT molecular complexity index is 1210. The zero-order valence-electron chi connectivity index (χ0n) is 18.6. The lowest BCUT2D eigenvalue weighted by Crippen LogP contribution is -2.41. The van der Waals surface area contributed by atoms with E-state index < -0.39 is 6.04 Å². The maximum absolute atomic E-state index is 13.5. The highest BCUT2D eigenvalue weighted by molar-refractivity contribution is 6.05. The zero-order chi connectivity index (χ0) is 22.9. The Hall–Kier alpha value is -3.68. The number of para-hydroxylation sites is 2. The molecule has 2 N–H and O–H groups in total. The largest absolute Gasteiger partial charge is 0.326 e. The second-order valence-electron chi connectivity index (χ2n) is 8.80. The number of aromatic nitrogens is 2. The molecule has 8 heteroatoms. The molecule has 33 heavy (non-hydrogen) atoms. The van der Waals surface area contributed by atoms with Gasteiger partial charge in [0.2, 0.25) is 17.8 Å². The Labute approximate surface area is 192 Å². The molecule has 2 aromatic carbocycles. The number of hydrogen-bond acceptors (Lipinski definition) is 4. The van der Waals surface area contributed by atoms with Gasteiger partial charge in [-0.05, 0) is 49.2 Å². The van der Waals surface area contributed by atoms with Crippen molar-refractivity contribution in [1.82, 2.24) is 9.55 Å². The summed E-state index contributed by atoms with van der Waals surface area (Å²) in [5.74, 6) is 0.212. The summed E-state index contributed by atoms with van der Waals surface area (Å²) in [4.78, 5) is 44.3. The van der Waals surface area contributed by atoms with Crippen LogP contribution in [0.2, 0.25) is 0 Å². The fourth-order valence-electron chi connectivity index (χ4n) is 4.97. The van der Waals surface area contributed by atoms with Crippen LogP contribution in [0.3, 0.4) is 0 Å². The Kier molecular flexibility index (Phi) is 5.58. The summed E-state index contributed by atoms with van der Waals surface area (Å²) >= 11 is 0. The highest BCUT2D eigenvalue weighted by Gasteiger charge is 2.44. The van der Waals surface area contributed by atoms with Crippen molar-refractivity contribution in [3.05, 3.63) is 48.5 Å². The standard InChI is InChI=1S/C25H27N5O3/c1-16(31)26-17-11-13-18(14-12-17)27-23(32)15-22-24(33)29(19-7-3-2-4-8-19)25-28-20-9-5-6-10-21(20)30(22)25/h5-6,9-14,19,22H,2-4,7-8,15H2,1H3,(H,26,31)(H,27,32)/t22-/m1/s1. The van der Waals surface area contributed by atoms with Gasteiger partial charge in [0.05, 0.1) is 17.5 Å². The number of nitrogens with zero attached hydrogens (tertiary/aromatic N) is 3. The van der Waals surface area contributed by atoms with Gasteiger partial charge in [-0.3, -0.25) is 23.9 Å². The minimum absolute atomic E-state index is 0.0306. The molecule has 1 aliphatic heterocycles. The molecule has 8 nitrogen and oxygen atoms in total. The lowest BCUT2D eigenvalue weighted by molar-refractivity contribution is -0.125. The van der Waals surface area contributed by atoms with Crippen molar-refractivity contribution in [2.24, 2.45) is 0 Å². The zero-order valence-corrected chi connectivity index (χ0v) is 18.6. The number of amides is 3. The molecule has 2 heterocycles. The molecule has 1 atom stereocenters. The van der Waals surface area contributed by atoms with Crippen LogP contribution in [0.15, 0.2) is 48.5 Å². The van der Waals surface area contributed by atoms with Crippen LogP contribution in [0.4, 0.5) is 17.3 Å². The van der Waals surface area contributed by atoms with Gasteiger partial charge in [0.1, 0.15) is 6.04 Å². The predicted molar refractivity (Wildman–Crippen MR) is 127 cm³/mol. The van der Waals surface area contributed by atoms with E-state index in [1.165, 1.54) is 13.3 Å². The maximum atomic E-state index is 13.5. The van der Waals surface area contributed by atoms with Crippen molar-refractivity contribution >= 4 is 46.1 Å². The van der Waals surface area contributed by atoms with Crippen LogP contribution in [-0.4, -0.2) is 33.3 Å². The summed E-state index contributed by atoms with van der Waals surface area (Å²) in [6, 6.07) is 14.2. The molecule has 5 rings (SSSR count). The highest BCUT2D eigenvalue weighted by Crippen LogP contribution is 2.40. The van der Waals surface area contributed by atoms with E-state index >= 15 is 0 Å². The third-order valence-electron chi connectivity index (χ3n) is 6.43. The number of anilines is 3. The van der Waals surface area contributed by atoms with Crippen molar-refractivity contribution < 1.29 is 14.4 Å². The van der Waals surface area contributed by atoms with Crippen molar-refractivity contribution in [2.75, 3.05) is 15.5 Å². The first-order valence-corrected chi connectivity index (χ1v) is 11.5. The van der Waals surface area contributed by atoms with E-state index in [4.69, 9.17) is 4.98 Å². The normalized spacial score (nSPS) is 18.4. The van der Waals surface area contributed by atoms with E-state index in [0.717, 1.165) is 36.7 Å². The van der Waals surface area contributed by atoms with E-state index in [1.807, 2.05) is 33.7 Å². The molecule has 1 saturated carbocycles. The summed E-state index contributed by atoms with van der Waals surface area (Å²) in [5, 5.41) is 5.58. The minimum atomic E-state index is -0.618. The fraction of sp³-hybridized carbons (Fsp3) is 0.360. The SMILES string of the molecule is CC(=O)Nc1ccc(NC(=O)C[C@@H]2C(=O)N(C3CCCCC3)c3nc4ccccc4n32)cc1. The highest BCUT2D eigenvalue weighted by atomic mass is 16.2. The van der Waals surface area contributed by atoms with Gasteiger partial charge in [-0.2, -0.15) is 0 Å². The summed E-state index contributed by atoms with van der Waals surface area (Å²) in [5.41, 5.74) is 2.97. The number of rotatable bonds is 5. The van der Waals surface area contributed by atoms with Gasteiger partial charge in [-0.15, -0.1) is 0 Å². The number of fused-ring (bicyclic) bond motifs is 3. The topological polar surface area (TPSA) is 96.3 Å². The van der Waals surface area contributed by atoms with Crippen LogP contribution in [0.5, 0.6) is 0 Å². The van der Waals surface area contributed by atoms with Gasteiger partial charge < -0.3 is 10.6 Å². The molecule has 170 valence electrons. The Balaban J connectivity index is 1.39. The first kappa shape index (κ1) is 21.2. The van der Waals surface area contributed by atoms with Crippen LogP contribution in [-0.2, 0) is 14.4 Å². The van der Waals surface area contributed by atoms with Crippen LogP contribution in [0.25, 0.3) is 11.0 Å². The van der Waals surface area contributed by atoms with Gasteiger partial charge in [-0.1, -0.05) is 31.4 Å². The number of hydrogen-bond donors (Lipinski definition) is 2. The molecule has 0 saturated heterocycles. The molecular formula is C25H27N5O3. The third kappa shape index (κ3) is 4.08. The van der Waals surface area contributed by atoms with Crippen LogP contribution >= 0.6 is 0 Å². The maximum Gasteiger partial charge on any atom is 0.253 e. The second kappa shape index (κ2) is 8.69. The molecular weight excluding hydrogens is 418 g/mol. The Morgan fingerprint density at radius 3 is 2.33 bits per heavy atom. The molecule has 3 aromatic rings. The van der Waals surface area contributed by atoms with E-state index in [0.29, 0.717) is 17.3 Å². The van der Waals surface area contributed by atoms with E-state index in [1.54, 1.807) is 24.3 Å². The number of benzene rings is 2. The quantitative estimate of drug-likeness (QED) is 0.614. The second-order valence-corrected chi connectivity index (χ2v) is 8.80. The lowest BCUT2D eigenvalue weighted by Gasteiger charge is -2.30. The molecule has 0 radical (unpaired) electrons. The average molecular weight is 446 g/mol. The van der Waals surface area contributed by atoms with Crippen molar-refractivity contribution in [1.29, 1.82) is 0 Å². The molecule has 3 amide bonds. The molecule has 0 bridgehead atoms. The Morgan fingerprint density at radius 2 is 1.64 bits per heavy atom. The number of carbonyl (C=O) groups excluding carboxylic acids is 3. The van der Waals surface area contributed by atoms with Crippen LogP contribution < -0.4 is 15.5 Å². The van der Waals surface area contributed by atoms with Gasteiger partial charge in [-0.25, -0.2) is 4.98 Å². The molecule has 0 spiro atoms. The van der Waals surface area contributed by atoms with E-state index in [-0.39, 0.29) is 30.2 Å². The van der Waals surface area contributed by atoms with Crippen molar-refractivity contribution in [3.8, 4) is 0 Å². The summed E-state index contributed by atoms with van der Waals surface area (Å²) < 4.78 is 1.94. The lowest BCUT2D eigenvalue weighted by atomic mass is 9.94. The first-order chi connectivity index (χ1) is 16.0. The van der Waals surface area contributed by atoms with E-state index in [2.05, 4.69) is 10.6 Å². The summed E-state index contributed by atoms with van der Waals surface area (Å²) in [7, 11) is 0. The van der Waals surface area contributed by atoms with E-state index in [9.17, 15) is 14.4 Å². The number of carbonyl (C=O) groups is 3. The van der Waals surface area contributed by atoms with Gasteiger partial charge in [0.15, 0.2) is 0 Å². The van der Waals surface area contributed by atoms with Crippen molar-refractivity contribution in [2.45, 2.75) is 57.5 Å². The molecule has 1 fully saturated rings. The molecule has 2 aliphatic rings. The molecule has 1 aliphatic carbocycles. The minimum Gasteiger partial charge on any atom is -0.326 e. The summed E-state index contributed by atoms with van der Waals surface area (Å²) in [6.07, 6.45) is 5.37. The van der Waals surface area contributed by atoms with Gasteiger partial charge >= 0.3 is 0 Å². The fourth-order valence-corrected chi connectivity index (χ4v) is 4.97. The first-order valence-electron chi connectivity index (χ1n) is 11.5. The van der Waals surface area contributed by atoms with Gasteiger partial charge in [0.25, 0.3) is 5.91 Å². The van der Waals surface area contributed by atoms with Crippen molar-refractivity contribution in [3.63, 3.8) is 0 Å². The molecule has 1 aromatic heterocycles.